The highest BCUT2D eigenvalue weighted by atomic mass is 16.3. The van der Waals surface area contributed by atoms with Crippen molar-refractivity contribution in [3.05, 3.63) is 24.6 Å². The quantitative estimate of drug-likeness (QED) is 0.777. The first kappa shape index (κ1) is 8.58. The monoisotopic (exact) mass is 215 g/mol. The number of nitrogens with zero attached hydrogens (tertiary/aromatic N) is 2. The highest BCUT2D eigenvalue weighted by Gasteiger charge is 2.39. The molecule has 0 bridgehead atoms. The largest absolute Gasteiger partial charge is 0.463 e. The molecule has 2 aliphatic rings. The van der Waals surface area contributed by atoms with Gasteiger partial charge in [0.1, 0.15) is 5.52 Å². The zero-order valence-corrected chi connectivity index (χ0v) is 8.89. The minimum atomic E-state index is 0.687. The second-order valence-corrected chi connectivity index (χ2v) is 4.68. The van der Waals surface area contributed by atoms with E-state index in [0.29, 0.717) is 6.04 Å². The maximum atomic E-state index is 5.38. The molecule has 0 spiro atoms. The average molecular weight is 215 g/mol. The van der Waals surface area contributed by atoms with Gasteiger partial charge in [-0.1, -0.05) is 0 Å². The lowest BCUT2D eigenvalue weighted by molar-refractivity contribution is 0.297. The van der Waals surface area contributed by atoms with Gasteiger partial charge >= 0.3 is 0 Å². The van der Waals surface area contributed by atoms with Crippen LogP contribution in [0.4, 0.5) is 5.69 Å². The van der Waals surface area contributed by atoms with Gasteiger partial charge in [-0.2, -0.15) is 0 Å². The lowest BCUT2D eigenvalue weighted by atomic mass is 9.96. The Morgan fingerprint density at radius 2 is 2.44 bits per heavy atom. The zero-order valence-electron chi connectivity index (χ0n) is 8.89. The van der Waals surface area contributed by atoms with Crippen LogP contribution < -0.4 is 10.2 Å². The van der Waals surface area contributed by atoms with Crippen LogP contribution in [0.2, 0.25) is 0 Å². The van der Waals surface area contributed by atoms with Crippen LogP contribution in [0.3, 0.4) is 0 Å². The Morgan fingerprint density at radius 1 is 1.44 bits per heavy atom. The highest BCUT2D eigenvalue weighted by molar-refractivity contribution is 5.76. The van der Waals surface area contributed by atoms with Gasteiger partial charge in [-0.05, 0) is 0 Å². The fourth-order valence-electron chi connectivity index (χ4n) is 2.67. The maximum Gasteiger partial charge on any atom is 0.154 e. The molecule has 0 aliphatic carbocycles. The topological polar surface area (TPSA) is 41.3 Å². The van der Waals surface area contributed by atoms with Gasteiger partial charge in [0.2, 0.25) is 0 Å². The van der Waals surface area contributed by atoms with E-state index in [-0.39, 0.29) is 0 Å². The average Bonchev–Trinajstić information content (AvgIpc) is 2.83. The zero-order chi connectivity index (χ0) is 10.5. The number of rotatable bonds is 1. The smallest absolute Gasteiger partial charge is 0.154 e. The van der Waals surface area contributed by atoms with Crippen molar-refractivity contribution in [3.8, 4) is 0 Å². The van der Waals surface area contributed by atoms with Crippen molar-refractivity contribution in [3.63, 3.8) is 0 Å². The maximum absolute atomic E-state index is 5.38. The Morgan fingerprint density at radius 3 is 3.19 bits per heavy atom. The van der Waals surface area contributed by atoms with E-state index in [9.17, 15) is 0 Å². The molecular weight excluding hydrogens is 202 g/mol. The van der Waals surface area contributed by atoms with E-state index in [1.807, 2.05) is 12.3 Å². The molecule has 1 N–H and O–H groups in total. The third-order valence-corrected chi connectivity index (χ3v) is 3.74. The van der Waals surface area contributed by atoms with Crippen molar-refractivity contribution in [1.29, 1.82) is 0 Å². The van der Waals surface area contributed by atoms with E-state index < -0.39 is 0 Å². The lowest BCUT2D eigenvalue weighted by Crippen LogP contribution is -2.51. The molecular formula is C12H13N3O. The van der Waals surface area contributed by atoms with Crippen LogP contribution in [0.25, 0.3) is 11.1 Å². The summed E-state index contributed by atoms with van der Waals surface area (Å²) in [6, 6.07) is 4.67. The molecule has 2 saturated heterocycles. The third-order valence-electron chi connectivity index (χ3n) is 3.74. The second kappa shape index (κ2) is 2.98. The fourth-order valence-corrected chi connectivity index (χ4v) is 2.67. The van der Waals surface area contributed by atoms with Gasteiger partial charge in [-0.15, -0.1) is 0 Å². The van der Waals surface area contributed by atoms with Crippen LogP contribution in [-0.4, -0.2) is 30.7 Å². The molecule has 82 valence electrons. The van der Waals surface area contributed by atoms with Crippen molar-refractivity contribution < 1.29 is 4.42 Å². The molecule has 2 aliphatic heterocycles. The van der Waals surface area contributed by atoms with Crippen molar-refractivity contribution >= 4 is 16.8 Å². The van der Waals surface area contributed by atoms with Crippen LogP contribution in [0.1, 0.15) is 0 Å². The van der Waals surface area contributed by atoms with Crippen molar-refractivity contribution in [2.24, 2.45) is 5.92 Å². The number of hydrogen-bond donors (Lipinski definition) is 1. The molecule has 0 radical (unpaired) electrons. The van der Waals surface area contributed by atoms with Crippen molar-refractivity contribution in [1.82, 2.24) is 10.3 Å². The Hall–Kier alpha value is -1.55. The van der Waals surface area contributed by atoms with Crippen LogP contribution in [0.5, 0.6) is 0 Å². The van der Waals surface area contributed by atoms with E-state index in [0.717, 1.165) is 36.7 Å². The summed E-state index contributed by atoms with van der Waals surface area (Å²) >= 11 is 0. The number of hydrogen-bond acceptors (Lipinski definition) is 4. The fraction of sp³-hybridized carbons (Fsp3) is 0.417. The Kier molecular flexibility index (Phi) is 1.60. The van der Waals surface area contributed by atoms with Gasteiger partial charge in [-0.3, -0.25) is 4.98 Å². The van der Waals surface area contributed by atoms with Gasteiger partial charge in [0, 0.05) is 43.7 Å². The Balaban J connectivity index is 1.70. The molecule has 2 fully saturated rings. The molecule has 2 aromatic rings. The number of fused-ring (bicyclic) bond motifs is 2. The van der Waals surface area contributed by atoms with Gasteiger partial charge < -0.3 is 14.6 Å². The van der Waals surface area contributed by atoms with E-state index in [4.69, 9.17) is 4.42 Å². The predicted molar refractivity (Wildman–Crippen MR) is 61.5 cm³/mol. The summed E-state index contributed by atoms with van der Waals surface area (Å²) in [6.45, 7) is 3.40. The Labute approximate surface area is 93.2 Å². The molecule has 4 heteroatoms. The number of anilines is 1. The molecule has 0 amide bonds. The van der Waals surface area contributed by atoms with Crippen LogP contribution >= 0.6 is 0 Å². The van der Waals surface area contributed by atoms with Crippen LogP contribution in [0.15, 0.2) is 29.0 Å². The van der Waals surface area contributed by atoms with Gasteiger partial charge in [0.25, 0.3) is 0 Å². The van der Waals surface area contributed by atoms with Gasteiger partial charge in [0.15, 0.2) is 5.58 Å². The normalized spacial score (nSPS) is 28.1. The Bertz CT molecular complexity index is 524. The molecule has 0 saturated carbocycles. The van der Waals surface area contributed by atoms with E-state index in [2.05, 4.69) is 21.3 Å². The summed E-state index contributed by atoms with van der Waals surface area (Å²) < 4.78 is 5.38. The number of pyridine rings is 1. The standard InChI is InChI=1S/C12H13N3O/c1-2-16-12-3-9(5-14-10(1)12)15-6-8-4-13-11(8)7-15/h1-3,5,8,11,13H,4,6-7H2. The summed E-state index contributed by atoms with van der Waals surface area (Å²) in [5.74, 6) is 0.826. The first-order chi connectivity index (χ1) is 7.90. The van der Waals surface area contributed by atoms with Gasteiger partial charge in [-0.25, -0.2) is 0 Å². The molecule has 16 heavy (non-hydrogen) atoms. The molecule has 2 unspecified atom stereocenters. The summed E-state index contributed by atoms with van der Waals surface area (Å²) in [5.41, 5.74) is 2.99. The lowest BCUT2D eigenvalue weighted by Gasteiger charge is -2.29. The summed E-state index contributed by atoms with van der Waals surface area (Å²) in [4.78, 5) is 6.79. The van der Waals surface area contributed by atoms with Crippen molar-refractivity contribution in [2.75, 3.05) is 24.5 Å². The first-order valence-corrected chi connectivity index (χ1v) is 5.72. The first-order valence-electron chi connectivity index (χ1n) is 5.72. The van der Waals surface area contributed by atoms with Crippen LogP contribution in [0, 0.1) is 5.92 Å². The summed E-state index contributed by atoms with van der Waals surface area (Å²) in [5, 5.41) is 3.45. The van der Waals surface area contributed by atoms with Gasteiger partial charge in [0.05, 0.1) is 18.1 Å². The second-order valence-electron chi connectivity index (χ2n) is 4.68. The molecule has 4 heterocycles. The van der Waals surface area contributed by atoms with Crippen molar-refractivity contribution in [2.45, 2.75) is 6.04 Å². The summed E-state index contributed by atoms with van der Waals surface area (Å²) in [7, 11) is 0. The summed E-state index contributed by atoms with van der Waals surface area (Å²) in [6.07, 6.45) is 3.64. The number of aromatic nitrogens is 1. The molecule has 2 aromatic heterocycles. The molecule has 2 atom stereocenters. The molecule has 4 nitrogen and oxygen atoms in total. The highest BCUT2D eigenvalue weighted by Crippen LogP contribution is 2.29. The number of nitrogens with one attached hydrogen (secondary N) is 1. The van der Waals surface area contributed by atoms with Crippen LogP contribution in [-0.2, 0) is 0 Å². The third kappa shape index (κ3) is 1.10. The van der Waals surface area contributed by atoms with E-state index in [1.165, 1.54) is 5.69 Å². The van der Waals surface area contributed by atoms with E-state index in [1.54, 1.807) is 6.26 Å². The van der Waals surface area contributed by atoms with E-state index >= 15 is 0 Å². The predicted octanol–water partition coefficient (Wildman–Crippen LogP) is 1.24. The molecule has 0 aromatic carbocycles. The number of furan rings is 1. The minimum Gasteiger partial charge on any atom is -0.463 e. The minimum absolute atomic E-state index is 0.687. The molecule has 4 rings (SSSR count). The SMILES string of the molecule is c1cc2ncc(N3CC4CNC4C3)cc2o1.